The van der Waals surface area contributed by atoms with Crippen molar-refractivity contribution in [2.75, 3.05) is 24.9 Å². The number of thiazole rings is 1. The molecule has 0 radical (unpaired) electrons. The number of rotatable bonds is 9. The third-order valence-electron chi connectivity index (χ3n) is 4.25. The third kappa shape index (κ3) is 6.10. The SMILES string of the molecule is COc1ccc2sc(=NC(=O)CCCSc3ccc(F)cc3)n(CCSC)c2c1. The maximum Gasteiger partial charge on any atom is 0.248 e. The predicted octanol–water partition coefficient (Wildman–Crippen LogP) is 5.21. The summed E-state index contributed by atoms with van der Waals surface area (Å²) < 4.78 is 21.5. The van der Waals surface area contributed by atoms with Gasteiger partial charge in [0.25, 0.3) is 0 Å². The fourth-order valence-electron chi connectivity index (χ4n) is 2.77. The Balaban J connectivity index is 1.68. The zero-order valence-electron chi connectivity index (χ0n) is 16.4. The van der Waals surface area contributed by atoms with Crippen LogP contribution in [0.1, 0.15) is 12.8 Å². The molecule has 154 valence electrons. The van der Waals surface area contributed by atoms with Crippen molar-refractivity contribution in [1.29, 1.82) is 0 Å². The van der Waals surface area contributed by atoms with Crippen LogP contribution < -0.4 is 9.54 Å². The molecular weight excluding hydrogens is 427 g/mol. The van der Waals surface area contributed by atoms with Gasteiger partial charge < -0.3 is 9.30 Å². The molecule has 2 aromatic carbocycles. The Morgan fingerprint density at radius 1 is 1.21 bits per heavy atom. The van der Waals surface area contributed by atoms with E-state index in [0.717, 1.165) is 50.1 Å². The van der Waals surface area contributed by atoms with Gasteiger partial charge >= 0.3 is 0 Å². The van der Waals surface area contributed by atoms with Crippen LogP contribution in [0.4, 0.5) is 4.39 Å². The van der Waals surface area contributed by atoms with Crippen LogP contribution in [0.15, 0.2) is 52.4 Å². The van der Waals surface area contributed by atoms with E-state index in [1.807, 2.05) is 18.2 Å². The summed E-state index contributed by atoms with van der Waals surface area (Å²) in [6, 6.07) is 12.3. The molecule has 1 heterocycles. The van der Waals surface area contributed by atoms with Crippen molar-refractivity contribution in [2.24, 2.45) is 4.99 Å². The second kappa shape index (κ2) is 10.8. The molecule has 0 aliphatic heterocycles. The Bertz CT molecular complexity index is 1030. The van der Waals surface area contributed by atoms with Crippen LogP contribution in [0.3, 0.4) is 0 Å². The summed E-state index contributed by atoms with van der Waals surface area (Å²) in [4.78, 5) is 18.6. The van der Waals surface area contributed by atoms with Crippen molar-refractivity contribution in [1.82, 2.24) is 4.57 Å². The molecule has 3 rings (SSSR count). The van der Waals surface area contributed by atoms with E-state index in [1.165, 1.54) is 23.5 Å². The fraction of sp³-hybridized carbons (Fsp3) is 0.333. The van der Waals surface area contributed by atoms with Gasteiger partial charge in [-0.3, -0.25) is 4.79 Å². The quantitative estimate of drug-likeness (QED) is 0.331. The van der Waals surface area contributed by atoms with Gasteiger partial charge in [0, 0.05) is 29.7 Å². The largest absolute Gasteiger partial charge is 0.497 e. The number of halogens is 1. The maximum absolute atomic E-state index is 12.9. The molecule has 8 heteroatoms. The van der Waals surface area contributed by atoms with Gasteiger partial charge in [0.05, 0.1) is 17.3 Å². The van der Waals surface area contributed by atoms with Crippen LogP contribution in [-0.4, -0.2) is 35.3 Å². The zero-order valence-corrected chi connectivity index (χ0v) is 18.8. The summed E-state index contributed by atoms with van der Waals surface area (Å²) >= 11 is 4.91. The van der Waals surface area contributed by atoms with Crippen molar-refractivity contribution < 1.29 is 13.9 Å². The molecule has 0 aliphatic rings. The Morgan fingerprint density at radius 2 is 2.00 bits per heavy atom. The molecule has 0 unspecified atom stereocenters. The fourth-order valence-corrected chi connectivity index (χ4v) is 5.04. The van der Waals surface area contributed by atoms with E-state index in [1.54, 1.807) is 42.8 Å². The van der Waals surface area contributed by atoms with E-state index in [4.69, 9.17) is 4.74 Å². The molecule has 0 aliphatic carbocycles. The number of aromatic nitrogens is 1. The molecule has 3 aromatic rings. The average Bonchev–Trinajstić information content (AvgIpc) is 3.06. The number of carbonyl (C=O) groups excluding carboxylic acids is 1. The number of aryl methyl sites for hydroxylation is 1. The monoisotopic (exact) mass is 450 g/mol. The number of thioether (sulfide) groups is 2. The van der Waals surface area contributed by atoms with E-state index in [-0.39, 0.29) is 11.7 Å². The molecule has 1 amide bonds. The number of fused-ring (bicyclic) bond motifs is 1. The lowest BCUT2D eigenvalue weighted by molar-refractivity contribution is -0.118. The number of hydrogen-bond donors (Lipinski definition) is 0. The first-order valence-electron chi connectivity index (χ1n) is 9.23. The number of ether oxygens (including phenoxy) is 1. The van der Waals surface area contributed by atoms with Crippen LogP contribution in [0.5, 0.6) is 5.75 Å². The molecule has 0 atom stereocenters. The van der Waals surface area contributed by atoms with Crippen LogP contribution in [-0.2, 0) is 11.3 Å². The van der Waals surface area contributed by atoms with Gasteiger partial charge in [-0.15, -0.1) is 11.8 Å². The first kappa shape index (κ1) is 21.9. The highest BCUT2D eigenvalue weighted by Gasteiger charge is 2.09. The summed E-state index contributed by atoms with van der Waals surface area (Å²) in [5, 5.41) is 0. The highest BCUT2D eigenvalue weighted by atomic mass is 32.2. The Hall–Kier alpha value is -1.77. The van der Waals surface area contributed by atoms with E-state index in [2.05, 4.69) is 15.8 Å². The minimum atomic E-state index is -0.237. The van der Waals surface area contributed by atoms with Crippen molar-refractivity contribution >= 4 is 51.0 Å². The van der Waals surface area contributed by atoms with E-state index >= 15 is 0 Å². The maximum atomic E-state index is 12.9. The summed E-state index contributed by atoms with van der Waals surface area (Å²) in [6.45, 7) is 0.793. The number of nitrogens with zero attached hydrogens (tertiary/aromatic N) is 2. The minimum absolute atomic E-state index is 0.110. The number of hydrogen-bond acceptors (Lipinski definition) is 5. The van der Waals surface area contributed by atoms with Crippen molar-refractivity contribution in [3.05, 3.63) is 53.1 Å². The average molecular weight is 451 g/mol. The van der Waals surface area contributed by atoms with Crippen LogP contribution in [0, 0.1) is 5.82 Å². The summed E-state index contributed by atoms with van der Waals surface area (Å²) in [6.07, 6.45) is 3.19. The number of amides is 1. The molecule has 1 aromatic heterocycles. The molecule has 0 N–H and O–H groups in total. The smallest absolute Gasteiger partial charge is 0.248 e. The molecule has 29 heavy (non-hydrogen) atoms. The Kier molecular flexibility index (Phi) is 8.20. The van der Waals surface area contributed by atoms with Gasteiger partial charge in [0.1, 0.15) is 11.6 Å². The van der Waals surface area contributed by atoms with E-state index in [9.17, 15) is 9.18 Å². The molecular formula is C21H23FN2O2S3. The molecule has 0 fully saturated rings. The predicted molar refractivity (Wildman–Crippen MR) is 122 cm³/mol. The lowest BCUT2D eigenvalue weighted by Gasteiger charge is -2.05. The van der Waals surface area contributed by atoms with Gasteiger partial charge in [-0.2, -0.15) is 16.8 Å². The van der Waals surface area contributed by atoms with Gasteiger partial charge in [-0.05, 0) is 54.8 Å². The molecule has 0 bridgehead atoms. The second-order valence-electron chi connectivity index (χ2n) is 6.27. The van der Waals surface area contributed by atoms with E-state index < -0.39 is 0 Å². The lowest BCUT2D eigenvalue weighted by Crippen LogP contribution is -2.18. The molecule has 0 saturated heterocycles. The van der Waals surface area contributed by atoms with Crippen molar-refractivity contribution in [3.8, 4) is 5.75 Å². The van der Waals surface area contributed by atoms with Crippen molar-refractivity contribution in [3.63, 3.8) is 0 Å². The van der Waals surface area contributed by atoms with Crippen molar-refractivity contribution in [2.45, 2.75) is 24.3 Å². The highest BCUT2D eigenvalue weighted by molar-refractivity contribution is 7.99. The standard InChI is InChI=1S/C21H23FN2O2S3/c1-26-16-7-10-19-18(14-16)24(11-13-27-2)21(29-19)23-20(25)4-3-12-28-17-8-5-15(22)6-9-17/h5-10,14H,3-4,11-13H2,1-2H3. The first-order chi connectivity index (χ1) is 14.1. The summed E-state index contributed by atoms with van der Waals surface area (Å²) in [7, 11) is 1.65. The second-order valence-corrected chi connectivity index (χ2v) is 9.44. The molecule has 4 nitrogen and oxygen atoms in total. The number of benzene rings is 2. The first-order valence-corrected chi connectivity index (χ1v) is 12.4. The van der Waals surface area contributed by atoms with Gasteiger partial charge in [0.15, 0.2) is 4.80 Å². The number of methoxy groups -OCH3 is 1. The Morgan fingerprint density at radius 3 is 2.72 bits per heavy atom. The summed E-state index contributed by atoms with van der Waals surface area (Å²) in [5.74, 6) is 2.19. The molecule has 0 saturated carbocycles. The van der Waals surface area contributed by atoms with Gasteiger partial charge in [-0.1, -0.05) is 11.3 Å². The van der Waals surface area contributed by atoms with Crippen LogP contribution in [0.25, 0.3) is 10.2 Å². The normalized spacial score (nSPS) is 11.9. The minimum Gasteiger partial charge on any atom is -0.497 e. The van der Waals surface area contributed by atoms with Gasteiger partial charge in [-0.25, -0.2) is 4.39 Å². The van der Waals surface area contributed by atoms with Crippen LogP contribution >= 0.6 is 34.9 Å². The molecule has 0 spiro atoms. The topological polar surface area (TPSA) is 43.6 Å². The van der Waals surface area contributed by atoms with E-state index in [0.29, 0.717) is 6.42 Å². The Labute approximate surface area is 182 Å². The lowest BCUT2D eigenvalue weighted by atomic mass is 10.3. The summed E-state index contributed by atoms with van der Waals surface area (Å²) in [5.41, 5.74) is 1.04. The third-order valence-corrected chi connectivity index (χ3v) is 6.99. The van der Waals surface area contributed by atoms with Gasteiger partial charge in [0.2, 0.25) is 5.91 Å². The number of carbonyl (C=O) groups is 1. The zero-order chi connectivity index (χ0) is 20.6. The highest BCUT2D eigenvalue weighted by Crippen LogP contribution is 2.23. The van der Waals surface area contributed by atoms with Crippen LogP contribution in [0.2, 0.25) is 0 Å².